The Bertz CT molecular complexity index is 2410. The maximum Gasteiger partial charge on any atom is 0.145 e. The number of hydrogen-bond donors (Lipinski definition) is 0. The Labute approximate surface area is 235 Å². The first-order chi connectivity index (χ1) is 20.3. The molecule has 0 N–H and O–H groups in total. The molecule has 0 saturated carbocycles. The smallest absolute Gasteiger partial charge is 0.145 e. The van der Waals surface area contributed by atoms with Crippen molar-refractivity contribution in [3.05, 3.63) is 140 Å². The summed E-state index contributed by atoms with van der Waals surface area (Å²) in [5.41, 5.74) is 9.47. The number of aromatic nitrogens is 3. The molecule has 0 bridgehead atoms. The number of furan rings is 1. The zero-order valence-electron chi connectivity index (χ0n) is 22.0. The number of hydrogen-bond acceptors (Lipinski definition) is 2. The maximum atomic E-state index is 6.28. The lowest BCUT2D eigenvalue weighted by Crippen LogP contribution is -1.98. The van der Waals surface area contributed by atoms with Crippen LogP contribution in [0.4, 0.5) is 0 Å². The summed E-state index contributed by atoms with van der Waals surface area (Å²) < 4.78 is 10.9. The quantitative estimate of drug-likeness (QED) is 0.230. The zero-order chi connectivity index (χ0) is 26.9. The topological polar surface area (TPSA) is 35.9 Å². The molecule has 0 amide bonds. The van der Waals surface area contributed by atoms with Gasteiger partial charge in [-0.1, -0.05) is 66.7 Å². The van der Waals surface area contributed by atoms with Gasteiger partial charge in [0.2, 0.25) is 0 Å². The second-order valence-electron chi connectivity index (χ2n) is 10.4. The van der Waals surface area contributed by atoms with Gasteiger partial charge in [0.05, 0.1) is 27.5 Å². The third-order valence-corrected chi connectivity index (χ3v) is 8.13. The summed E-state index contributed by atoms with van der Waals surface area (Å²) in [5, 5.41) is 4.72. The standard InChI is InChI=1S/C37H23N3O/c1-2-10-25(11-3-1)40-32-16-8-6-14-30(32)38-37(40)24-18-20-26(21-19-24)39-31-15-7-4-12-27(31)28-22-23-34-35(36(28)39)29-13-5-9-17-33(29)41-34/h1-23H. The van der Waals surface area contributed by atoms with Crippen molar-refractivity contribution >= 4 is 54.8 Å². The average molecular weight is 526 g/mol. The average Bonchev–Trinajstić information content (AvgIpc) is 3.71. The van der Waals surface area contributed by atoms with E-state index in [0.29, 0.717) is 0 Å². The Balaban J connectivity index is 1.30. The van der Waals surface area contributed by atoms with E-state index in [0.717, 1.165) is 61.3 Å². The molecule has 0 fully saturated rings. The summed E-state index contributed by atoms with van der Waals surface area (Å²) in [5.74, 6) is 0.925. The van der Waals surface area contributed by atoms with E-state index in [1.54, 1.807) is 0 Å². The number of nitrogens with zero attached hydrogens (tertiary/aromatic N) is 3. The highest BCUT2D eigenvalue weighted by atomic mass is 16.3. The SMILES string of the molecule is c1ccc(-n2c(-c3ccc(-n4c5ccccc5c5ccc6oc7ccccc7c6c54)cc3)nc3ccccc32)cc1. The molecule has 192 valence electrons. The molecular formula is C37H23N3O. The zero-order valence-corrected chi connectivity index (χ0v) is 22.0. The van der Waals surface area contributed by atoms with Crippen LogP contribution in [0.15, 0.2) is 144 Å². The first-order valence-electron chi connectivity index (χ1n) is 13.8. The van der Waals surface area contributed by atoms with E-state index >= 15 is 0 Å². The Kier molecular flexibility index (Phi) is 4.58. The van der Waals surface area contributed by atoms with Crippen molar-refractivity contribution in [3.63, 3.8) is 0 Å². The number of imidazole rings is 1. The molecule has 0 radical (unpaired) electrons. The first kappa shape index (κ1) is 22.2. The minimum Gasteiger partial charge on any atom is -0.456 e. The van der Waals surface area contributed by atoms with Gasteiger partial charge in [0.15, 0.2) is 0 Å². The van der Waals surface area contributed by atoms with Gasteiger partial charge in [-0.15, -0.1) is 0 Å². The molecule has 4 nitrogen and oxygen atoms in total. The van der Waals surface area contributed by atoms with Gasteiger partial charge < -0.3 is 8.98 Å². The van der Waals surface area contributed by atoms with Crippen molar-refractivity contribution in [2.75, 3.05) is 0 Å². The molecule has 41 heavy (non-hydrogen) atoms. The van der Waals surface area contributed by atoms with Crippen LogP contribution in [0.25, 0.3) is 77.5 Å². The molecule has 0 spiro atoms. The van der Waals surface area contributed by atoms with E-state index in [1.807, 2.05) is 24.3 Å². The van der Waals surface area contributed by atoms with Crippen molar-refractivity contribution < 1.29 is 4.42 Å². The van der Waals surface area contributed by atoms with Crippen LogP contribution in [0, 0.1) is 0 Å². The van der Waals surface area contributed by atoms with Crippen molar-refractivity contribution in [2.45, 2.75) is 0 Å². The van der Waals surface area contributed by atoms with E-state index < -0.39 is 0 Å². The highest BCUT2D eigenvalue weighted by molar-refractivity contribution is 6.24. The van der Waals surface area contributed by atoms with E-state index in [4.69, 9.17) is 9.40 Å². The summed E-state index contributed by atoms with van der Waals surface area (Å²) in [6.07, 6.45) is 0. The number of rotatable bonds is 3. The Hall–Kier alpha value is -5.61. The van der Waals surface area contributed by atoms with Gasteiger partial charge in [-0.25, -0.2) is 4.98 Å². The minimum absolute atomic E-state index is 0.899. The van der Waals surface area contributed by atoms with Crippen LogP contribution in [-0.2, 0) is 0 Å². The highest BCUT2D eigenvalue weighted by Gasteiger charge is 2.19. The molecule has 4 heteroatoms. The molecule has 0 aliphatic carbocycles. The normalized spacial score (nSPS) is 11.9. The van der Waals surface area contributed by atoms with Gasteiger partial charge in [0, 0.05) is 33.1 Å². The molecule has 9 rings (SSSR count). The first-order valence-corrected chi connectivity index (χ1v) is 13.8. The fraction of sp³-hybridized carbons (Fsp3) is 0. The maximum absolute atomic E-state index is 6.28. The summed E-state index contributed by atoms with van der Waals surface area (Å²) in [6, 6.07) is 48.8. The lowest BCUT2D eigenvalue weighted by molar-refractivity contribution is 0.669. The third-order valence-electron chi connectivity index (χ3n) is 8.13. The molecule has 0 atom stereocenters. The second kappa shape index (κ2) is 8.44. The van der Waals surface area contributed by atoms with Gasteiger partial charge in [0.25, 0.3) is 0 Å². The molecule has 0 unspecified atom stereocenters. The summed E-state index contributed by atoms with van der Waals surface area (Å²) in [6.45, 7) is 0. The fourth-order valence-corrected chi connectivity index (χ4v) is 6.35. The monoisotopic (exact) mass is 525 g/mol. The van der Waals surface area contributed by atoms with Gasteiger partial charge >= 0.3 is 0 Å². The molecule has 6 aromatic carbocycles. The Morgan fingerprint density at radius 3 is 2.00 bits per heavy atom. The molecule has 0 saturated heterocycles. The highest BCUT2D eigenvalue weighted by Crippen LogP contribution is 2.41. The summed E-state index contributed by atoms with van der Waals surface area (Å²) in [4.78, 5) is 5.06. The molecule has 0 aliphatic rings. The second-order valence-corrected chi connectivity index (χ2v) is 10.4. The number of benzene rings is 6. The molecular weight excluding hydrogens is 502 g/mol. The van der Waals surface area contributed by atoms with Crippen LogP contribution in [0.5, 0.6) is 0 Å². The van der Waals surface area contributed by atoms with E-state index in [-0.39, 0.29) is 0 Å². The van der Waals surface area contributed by atoms with E-state index in [2.05, 4.69) is 124 Å². The van der Waals surface area contributed by atoms with Crippen molar-refractivity contribution in [1.29, 1.82) is 0 Å². The number of fused-ring (bicyclic) bond motifs is 8. The summed E-state index contributed by atoms with van der Waals surface area (Å²) in [7, 11) is 0. The lowest BCUT2D eigenvalue weighted by atomic mass is 10.1. The van der Waals surface area contributed by atoms with Crippen LogP contribution >= 0.6 is 0 Å². The van der Waals surface area contributed by atoms with Crippen LogP contribution < -0.4 is 0 Å². The third kappa shape index (κ3) is 3.19. The van der Waals surface area contributed by atoms with Gasteiger partial charge in [-0.2, -0.15) is 0 Å². The largest absolute Gasteiger partial charge is 0.456 e. The van der Waals surface area contributed by atoms with Crippen LogP contribution in [-0.4, -0.2) is 14.1 Å². The molecule has 9 aromatic rings. The van der Waals surface area contributed by atoms with Gasteiger partial charge in [-0.05, 0) is 72.8 Å². The predicted octanol–water partition coefficient (Wildman–Crippen LogP) is 9.69. The van der Waals surface area contributed by atoms with Crippen molar-refractivity contribution in [1.82, 2.24) is 14.1 Å². The Morgan fingerprint density at radius 1 is 0.463 bits per heavy atom. The van der Waals surface area contributed by atoms with Crippen LogP contribution in [0.2, 0.25) is 0 Å². The van der Waals surface area contributed by atoms with Gasteiger partial charge in [0.1, 0.15) is 17.0 Å². The van der Waals surface area contributed by atoms with Crippen LogP contribution in [0.3, 0.4) is 0 Å². The molecule has 3 aromatic heterocycles. The lowest BCUT2D eigenvalue weighted by Gasteiger charge is -2.12. The Morgan fingerprint density at radius 2 is 1.15 bits per heavy atom. The predicted molar refractivity (Wildman–Crippen MR) is 168 cm³/mol. The fourth-order valence-electron chi connectivity index (χ4n) is 6.35. The van der Waals surface area contributed by atoms with Gasteiger partial charge in [-0.3, -0.25) is 4.57 Å². The molecule has 3 heterocycles. The summed E-state index contributed by atoms with van der Waals surface area (Å²) >= 11 is 0. The van der Waals surface area contributed by atoms with Crippen molar-refractivity contribution in [3.8, 4) is 22.8 Å². The van der Waals surface area contributed by atoms with E-state index in [1.165, 1.54) is 16.3 Å². The van der Waals surface area contributed by atoms with E-state index in [9.17, 15) is 0 Å². The number of para-hydroxylation sites is 5. The minimum atomic E-state index is 0.899. The van der Waals surface area contributed by atoms with Crippen molar-refractivity contribution in [2.24, 2.45) is 0 Å². The molecule has 0 aliphatic heterocycles. The van der Waals surface area contributed by atoms with Crippen LogP contribution in [0.1, 0.15) is 0 Å².